The van der Waals surface area contributed by atoms with Crippen molar-refractivity contribution in [3.8, 4) is 0 Å². The Labute approximate surface area is 130 Å². The Kier molecular flexibility index (Phi) is 5.60. The van der Waals surface area contributed by atoms with E-state index in [1.165, 1.54) is 12.7 Å². The lowest BCUT2D eigenvalue weighted by Gasteiger charge is -2.24. The summed E-state index contributed by atoms with van der Waals surface area (Å²) >= 11 is 0. The van der Waals surface area contributed by atoms with E-state index in [4.69, 9.17) is 4.42 Å². The summed E-state index contributed by atoms with van der Waals surface area (Å²) in [5, 5.41) is 15.5. The number of aliphatic hydroxyl groups is 1. The fourth-order valence-corrected chi connectivity index (χ4v) is 2.70. The number of carbonyl (C=O) groups excluding carboxylic acids is 2. The van der Waals surface area contributed by atoms with E-state index in [1.807, 2.05) is 0 Å². The molecule has 1 aliphatic carbocycles. The first-order chi connectivity index (χ1) is 10.5. The molecule has 1 saturated carbocycles. The summed E-state index contributed by atoms with van der Waals surface area (Å²) in [4.78, 5) is 23.6. The molecule has 1 fully saturated rings. The van der Waals surface area contributed by atoms with Crippen LogP contribution in [0.5, 0.6) is 0 Å². The molecule has 0 spiro atoms. The van der Waals surface area contributed by atoms with Crippen molar-refractivity contribution in [2.24, 2.45) is 0 Å². The van der Waals surface area contributed by atoms with Crippen LogP contribution < -0.4 is 10.6 Å². The molecule has 2 amide bonds. The summed E-state index contributed by atoms with van der Waals surface area (Å²) in [5.74, 6) is -0.697. The summed E-state index contributed by atoms with van der Waals surface area (Å²) in [6.07, 6.45) is 7.01. The quantitative estimate of drug-likeness (QED) is 0.711. The molecule has 1 unspecified atom stereocenters. The van der Waals surface area contributed by atoms with E-state index in [0.717, 1.165) is 25.7 Å². The zero-order chi connectivity index (χ0) is 16.0. The van der Waals surface area contributed by atoms with Crippen LogP contribution in [0.25, 0.3) is 0 Å². The first kappa shape index (κ1) is 16.5. The molecule has 0 aromatic carbocycles. The lowest BCUT2D eigenvalue weighted by molar-refractivity contribution is -0.140. The maximum atomic E-state index is 11.8. The molecule has 3 N–H and O–H groups in total. The van der Waals surface area contributed by atoms with Crippen molar-refractivity contribution in [2.75, 3.05) is 6.54 Å². The highest BCUT2D eigenvalue weighted by atomic mass is 16.3. The number of furan rings is 1. The Bertz CT molecular complexity index is 490. The molecule has 1 heterocycles. The van der Waals surface area contributed by atoms with Crippen molar-refractivity contribution < 1.29 is 19.1 Å². The Morgan fingerprint density at radius 3 is 2.68 bits per heavy atom. The van der Waals surface area contributed by atoms with Gasteiger partial charge < -0.3 is 20.2 Å². The minimum Gasteiger partial charge on any atom is -0.469 e. The first-order valence-corrected chi connectivity index (χ1v) is 7.80. The van der Waals surface area contributed by atoms with E-state index >= 15 is 0 Å². The molecule has 1 aromatic rings. The molecule has 1 aliphatic rings. The highest BCUT2D eigenvalue weighted by molar-refractivity contribution is 6.35. The second-order valence-corrected chi connectivity index (χ2v) is 6.24. The predicted octanol–water partition coefficient (Wildman–Crippen LogP) is 1.14. The second kappa shape index (κ2) is 7.45. The number of rotatable bonds is 5. The van der Waals surface area contributed by atoms with Crippen LogP contribution in [0.3, 0.4) is 0 Å². The molecule has 6 nitrogen and oxygen atoms in total. The van der Waals surface area contributed by atoms with Gasteiger partial charge in [0.25, 0.3) is 0 Å². The molecule has 1 atom stereocenters. The van der Waals surface area contributed by atoms with Crippen LogP contribution >= 0.6 is 0 Å². The van der Waals surface area contributed by atoms with E-state index in [9.17, 15) is 14.7 Å². The zero-order valence-electron chi connectivity index (χ0n) is 12.9. The first-order valence-electron chi connectivity index (χ1n) is 7.80. The maximum Gasteiger partial charge on any atom is 0.309 e. The second-order valence-electron chi connectivity index (χ2n) is 6.24. The van der Waals surface area contributed by atoms with Gasteiger partial charge in [0, 0.05) is 19.0 Å². The number of amides is 2. The highest BCUT2D eigenvalue weighted by Gasteiger charge is 2.26. The van der Waals surface area contributed by atoms with E-state index < -0.39 is 17.4 Å². The molecule has 2 rings (SSSR count). The van der Waals surface area contributed by atoms with Crippen molar-refractivity contribution in [1.82, 2.24) is 10.6 Å². The Hall–Kier alpha value is -1.82. The molecule has 0 saturated heterocycles. The van der Waals surface area contributed by atoms with Gasteiger partial charge in [0.05, 0.1) is 11.9 Å². The number of nitrogens with one attached hydrogen (secondary N) is 2. The van der Waals surface area contributed by atoms with Gasteiger partial charge in [0.2, 0.25) is 0 Å². The Balaban J connectivity index is 1.74. The van der Waals surface area contributed by atoms with Crippen molar-refractivity contribution in [3.63, 3.8) is 0 Å². The minimum absolute atomic E-state index is 0.00931. The van der Waals surface area contributed by atoms with Gasteiger partial charge in [0.15, 0.2) is 0 Å². The van der Waals surface area contributed by atoms with Crippen LogP contribution in [0.2, 0.25) is 0 Å². The van der Waals surface area contributed by atoms with Gasteiger partial charge in [-0.05, 0) is 31.9 Å². The molecule has 0 aliphatic heterocycles. The highest BCUT2D eigenvalue weighted by Crippen LogP contribution is 2.17. The SMILES string of the molecule is CC(O)(CNC(=O)C(=O)NC1CCCCC1)Cc1ccco1. The summed E-state index contributed by atoms with van der Waals surface area (Å²) in [7, 11) is 0. The lowest BCUT2D eigenvalue weighted by Crippen LogP contribution is -2.49. The fraction of sp³-hybridized carbons (Fsp3) is 0.625. The van der Waals surface area contributed by atoms with Crippen molar-refractivity contribution in [3.05, 3.63) is 24.2 Å². The fourth-order valence-electron chi connectivity index (χ4n) is 2.70. The number of hydrogen-bond donors (Lipinski definition) is 3. The van der Waals surface area contributed by atoms with E-state index in [1.54, 1.807) is 19.1 Å². The molecule has 122 valence electrons. The number of carbonyl (C=O) groups is 2. The van der Waals surface area contributed by atoms with Gasteiger partial charge in [-0.2, -0.15) is 0 Å². The van der Waals surface area contributed by atoms with Crippen LogP contribution in [-0.4, -0.2) is 35.1 Å². The molecular formula is C16H24N2O4. The van der Waals surface area contributed by atoms with Crippen LogP contribution in [-0.2, 0) is 16.0 Å². The molecule has 1 aromatic heterocycles. The van der Waals surface area contributed by atoms with Gasteiger partial charge in [0.1, 0.15) is 5.76 Å². The summed E-state index contributed by atoms with van der Waals surface area (Å²) < 4.78 is 5.17. The normalized spacial score (nSPS) is 18.5. The van der Waals surface area contributed by atoms with Crippen molar-refractivity contribution in [1.29, 1.82) is 0 Å². The van der Waals surface area contributed by atoms with E-state index in [0.29, 0.717) is 5.76 Å². The minimum atomic E-state index is -1.17. The third kappa shape index (κ3) is 5.18. The smallest absolute Gasteiger partial charge is 0.309 e. The maximum absolute atomic E-state index is 11.8. The molecule has 22 heavy (non-hydrogen) atoms. The Morgan fingerprint density at radius 1 is 1.32 bits per heavy atom. The molecule has 0 bridgehead atoms. The van der Waals surface area contributed by atoms with Gasteiger partial charge in [-0.15, -0.1) is 0 Å². The van der Waals surface area contributed by atoms with Crippen molar-refractivity contribution >= 4 is 11.8 Å². The van der Waals surface area contributed by atoms with Gasteiger partial charge in [-0.25, -0.2) is 0 Å². The van der Waals surface area contributed by atoms with Crippen LogP contribution in [0.15, 0.2) is 22.8 Å². The van der Waals surface area contributed by atoms with Crippen LogP contribution in [0.1, 0.15) is 44.8 Å². The summed E-state index contributed by atoms with van der Waals surface area (Å²) in [6.45, 7) is 1.58. The zero-order valence-corrected chi connectivity index (χ0v) is 12.9. The molecule has 6 heteroatoms. The van der Waals surface area contributed by atoms with E-state index in [-0.39, 0.29) is 19.0 Å². The number of hydrogen-bond acceptors (Lipinski definition) is 4. The average Bonchev–Trinajstić information content (AvgIpc) is 2.98. The average molecular weight is 308 g/mol. The standard InChI is InChI=1S/C16H24N2O4/c1-16(21,10-13-8-5-9-22-13)11-17-14(19)15(20)18-12-6-3-2-4-7-12/h5,8-9,12,21H,2-4,6-7,10-11H2,1H3,(H,17,19)(H,18,20). The van der Waals surface area contributed by atoms with Gasteiger partial charge in [-0.3, -0.25) is 9.59 Å². The third-order valence-electron chi connectivity index (χ3n) is 3.91. The van der Waals surface area contributed by atoms with Gasteiger partial charge >= 0.3 is 11.8 Å². The monoisotopic (exact) mass is 308 g/mol. The molecule has 0 radical (unpaired) electrons. The molecular weight excluding hydrogens is 284 g/mol. The Morgan fingerprint density at radius 2 is 2.05 bits per heavy atom. The summed E-state index contributed by atoms with van der Waals surface area (Å²) in [6, 6.07) is 3.59. The van der Waals surface area contributed by atoms with Crippen molar-refractivity contribution in [2.45, 2.75) is 57.1 Å². The predicted molar refractivity (Wildman–Crippen MR) is 81.1 cm³/mol. The van der Waals surface area contributed by atoms with Gasteiger partial charge in [-0.1, -0.05) is 19.3 Å². The summed E-state index contributed by atoms with van der Waals surface area (Å²) in [5.41, 5.74) is -1.17. The van der Waals surface area contributed by atoms with E-state index in [2.05, 4.69) is 10.6 Å². The topological polar surface area (TPSA) is 91.6 Å². The lowest BCUT2D eigenvalue weighted by atomic mass is 9.95. The van der Waals surface area contributed by atoms with Crippen LogP contribution in [0, 0.1) is 0 Å². The largest absolute Gasteiger partial charge is 0.469 e. The van der Waals surface area contributed by atoms with Crippen LogP contribution in [0.4, 0.5) is 0 Å². The third-order valence-corrected chi connectivity index (χ3v) is 3.91.